The van der Waals surface area contributed by atoms with E-state index >= 15 is 0 Å². The summed E-state index contributed by atoms with van der Waals surface area (Å²) in [6, 6.07) is 2.23. The van der Waals surface area contributed by atoms with Crippen LogP contribution in [0, 0.1) is 5.92 Å². The Morgan fingerprint density at radius 2 is 2.25 bits per heavy atom. The van der Waals surface area contributed by atoms with Gasteiger partial charge in [-0.25, -0.2) is 0 Å². The van der Waals surface area contributed by atoms with Gasteiger partial charge in [0.2, 0.25) is 0 Å². The quantitative estimate of drug-likeness (QED) is 0.734. The third-order valence-corrected chi connectivity index (χ3v) is 5.14. The van der Waals surface area contributed by atoms with E-state index in [-0.39, 0.29) is 0 Å². The molecule has 1 aliphatic heterocycles. The summed E-state index contributed by atoms with van der Waals surface area (Å²) in [4.78, 5) is 2.66. The summed E-state index contributed by atoms with van der Waals surface area (Å²) in [7, 11) is 0. The van der Waals surface area contributed by atoms with Crippen LogP contribution in [0.2, 0.25) is 0 Å². The van der Waals surface area contributed by atoms with Crippen LogP contribution in [0.15, 0.2) is 16.8 Å². The van der Waals surface area contributed by atoms with Crippen LogP contribution < -0.4 is 5.32 Å². The molecule has 0 bridgehead atoms. The molecule has 2 nitrogen and oxygen atoms in total. The van der Waals surface area contributed by atoms with Crippen LogP contribution in [-0.4, -0.2) is 37.6 Å². The van der Waals surface area contributed by atoms with Crippen LogP contribution >= 0.6 is 11.3 Å². The molecule has 1 saturated heterocycles. The predicted molar refractivity (Wildman–Crippen MR) is 89.6 cm³/mol. The molecule has 2 heterocycles. The number of likely N-dealkylation sites (tertiary alicyclic amines) is 1. The maximum Gasteiger partial charge on any atom is 0.0107 e. The van der Waals surface area contributed by atoms with E-state index in [0.29, 0.717) is 0 Å². The number of rotatable bonds is 8. The SMILES string of the molecule is CCCC1CCCN(CCNCCc2ccsc2)CC1. The van der Waals surface area contributed by atoms with Crippen molar-refractivity contribution in [3.8, 4) is 0 Å². The Morgan fingerprint density at radius 3 is 3.05 bits per heavy atom. The first-order valence-electron chi connectivity index (χ1n) is 8.32. The van der Waals surface area contributed by atoms with Gasteiger partial charge in [0.15, 0.2) is 0 Å². The molecule has 0 spiro atoms. The zero-order valence-electron chi connectivity index (χ0n) is 12.9. The fourth-order valence-electron chi connectivity index (χ4n) is 3.18. The topological polar surface area (TPSA) is 15.3 Å². The van der Waals surface area contributed by atoms with Gasteiger partial charge in [0.1, 0.15) is 0 Å². The normalized spacial score (nSPS) is 20.9. The highest BCUT2D eigenvalue weighted by molar-refractivity contribution is 7.07. The van der Waals surface area contributed by atoms with Crippen LogP contribution in [0.1, 0.15) is 44.6 Å². The molecule has 2 rings (SSSR count). The van der Waals surface area contributed by atoms with E-state index in [9.17, 15) is 0 Å². The average Bonchev–Trinajstić information content (AvgIpc) is 2.87. The molecular weight excluding hydrogens is 264 g/mol. The zero-order valence-corrected chi connectivity index (χ0v) is 13.8. The monoisotopic (exact) mass is 294 g/mol. The molecule has 0 amide bonds. The standard InChI is InChI=1S/C17H30N2S/c1-2-4-16-5-3-11-19(12-7-16)13-10-18-9-6-17-8-14-20-15-17/h8,14-16,18H,2-7,9-13H2,1H3. The molecular formula is C17H30N2S. The Balaban J connectivity index is 1.53. The van der Waals surface area contributed by atoms with Gasteiger partial charge in [-0.15, -0.1) is 0 Å². The molecule has 1 aromatic rings. The number of thiophene rings is 1. The Morgan fingerprint density at radius 1 is 1.30 bits per heavy atom. The molecule has 1 unspecified atom stereocenters. The minimum Gasteiger partial charge on any atom is -0.315 e. The number of hydrogen-bond acceptors (Lipinski definition) is 3. The van der Waals surface area contributed by atoms with E-state index in [1.807, 2.05) is 0 Å². The lowest BCUT2D eigenvalue weighted by Crippen LogP contribution is -2.33. The molecule has 0 aromatic carbocycles. The van der Waals surface area contributed by atoms with Crippen molar-refractivity contribution < 1.29 is 0 Å². The van der Waals surface area contributed by atoms with Crippen molar-refractivity contribution in [2.45, 2.75) is 45.4 Å². The highest BCUT2D eigenvalue weighted by Gasteiger charge is 2.15. The second kappa shape index (κ2) is 9.54. The van der Waals surface area contributed by atoms with Crippen molar-refractivity contribution in [2.24, 2.45) is 5.92 Å². The second-order valence-corrected chi connectivity index (χ2v) is 6.84. The zero-order chi connectivity index (χ0) is 14.0. The maximum absolute atomic E-state index is 3.59. The largest absolute Gasteiger partial charge is 0.315 e. The fraction of sp³-hybridized carbons (Fsp3) is 0.765. The van der Waals surface area contributed by atoms with Gasteiger partial charge in [-0.05, 0) is 73.6 Å². The van der Waals surface area contributed by atoms with Crippen molar-refractivity contribution in [1.82, 2.24) is 10.2 Å². The maximum atomic E-state index is 3.59. The van der Waals surface area contributed by atoms with Crippen molar-refractivity contribution in [2.75, 3.05) is 32.7 Å². The highest BCUT2D eigenvalue weighted by Crippen LogP contribution is 2.21. The lowest BCUT2D eigenvalue weighted by atomic mass is 9.96. The third-order valence-electron chi connectivity index (χ3n) is 4.41. The predicted octanol–water partition coefficient (Wildman–Crippen LogP) is 3.78. The molecule has 0 radical (unpaired) electrons. The Labute approximate surface area is 128 Å². The summed E-state index contributed by atoms with van der Waals surface area (Å²) in [5.74, 6) is 0.997. The van der Waals surface area contributed by atoms with Gasteiger partial charge in [0, 0.05) is 13.1 Å². The first-order valence-corrected chi connectivity index (χ1v) is 9.27. The summed E-state index contributed by atoms with van der Waals surface area (Å²) in [5, 5.41) is 8.01. The Bertz CT molecular complexity index is 337. The molecule has 1 fully saturated rings. The van der Waals surface area contributed by atoms with Gasteiger partial charge in [0.05, 0.1) is 0 Å². The van der Waals surface area contributed by atoms with Gasteiger partial charge in [-0.2, -0.15) is 11.3 Å². The summed E-state index contributed by atoms with van der Waals surface area (Å²) < 4.78 is 0. The van der Waals surface area contributed by atoms with Gasteiger partial charge in [-0.3, -0.25) is 0 Å². The molecule has 3 heteroatoms. The van der Waals surface area contributed by atoms with Crippen LogP contribution in [-0.2, 0) is 6.42 Å². The molecule has 20 heavy (non-hydrogen) atoms. The van der Waals surface area contributed by atoms with Crippen molar-refractivity contribution in [3.63, 3.8) is 0 Å². The van der Waals surface area contributed by atoms with Gasteiger partial charge >= 0.3 is 0 Å². The number of nitrogens with zero attached hydrogens (tertiary/aromatic N) is 1. The molecule has 0 aliphatic carbocycles. The molecule has 1 atom stereocenters. The van der Waals surface area contributed by atoms with E-state index in [4.69, 9.17) is 0 Å². The average molecular weight is 295 g/mol. The Hall–Kier alpha value is -0.380. The van der Waals surface area contributed by atoms with Crippen molar-refractivity contribution >= 4 is 11.3 Å². The van der Waals surface area contributed by atoms with E-state index in [0.717, 1.165) is 19.0 Å². The van der Waals surface area contributed by atoms with E-state index < -0.39 is 0 Å². The minimum atomic E-state index is 0.997. The highest BCUT2D eigenvalue weighted by atomic mass is 32.1. The molecule has 114 valence electrons. The van der Waals surface area contributed by atoms with Crippen molar-refractivity contribution in [1.29, 1.82) is 0 Å². The van der Waals surface area contributed by atoms with Gasteiger partial charge in [-0.1, -0.05) is 19.8 Å². The summed E-state index contributed by atoms with van der Waals surface area (Å²) in [6.07, 6.45) is 8.24. The molecule has 1 aromatic heterocycles. The number of hydrogen-bond donors (Lipinski definition) is 1. The minimum absolute atomic E-state index is 0.997. The lowest BCUT2D eigenvalue weighted by molar-refractivity contribution is 0.279. The van der Waals surface area contributed by atoms with E-state index in [2.05, 4.69) is 34.0 Å². The molecule has 0 saturated carbocycles. The van der Waals surface area contributed by atoms with Gasteiger partial charge in [0.25, 0.3) is 0 Å². The van der Waals surface area contributed by atoms with Crippen LogP contribution in [0.4, 0.5) is 0 Å². The van der Waals surface area contributed by atoms with E-state index in [1.54, 1.807) is 11.3 Å². The third kappa shape index (κ3) is 5.94. The van der Waals surface area contributed by atoms with E-state index in [1.165, 1.54) is 63.7 Å². The lowest BCUT2D eigenvalue weighted by Gasteiger charge is -2.20. The molecule has 1 aliphatic rings. The van der Waals surface area contributed by atoms with Crippen LogP contribution in [0.3, 0.4) is 0 Å². The summed E-state index contributed by atoms with van der Waals surface area (Å²) >= 11 is 1.80. The fourth-order valence-corrected chi connectivity index (χ4v) is 3.88. The first kappa shape index (κ1) is 16.0. The van der Waals surface area contributed by atoms with Gasteiger partial charge < -0.3 is 10.2 Å². The van der Waals surface area contributed by atoms with Crippen LogP contribution in [0.5, 0.6) is 0 Å². The first-order chi connectivity index (χ1) is 9.88. The Kier molecular flexibility index (Phi) is 7.63. The smallest absolute Gasteiger partial charge is 0.0107 e. The molecule has 1 N–H and O–H groups in total. The van der Waals surface area contributed by atoms with Crippen LogP contribution in [0.25, 0.3) is 0 Å². The number of nitrogens with one attached hydrogen (secondary N) is 1. The summed E-state index contributed by atoms with van der Waals surface area (Å²) in [6.45, 7) is 8.43. The second-order valence-electron chi connectivity index (χ2n) is 6.06. The van der Waals surface area contributed by atoms with Crippen molar-refractivity contribution in [3.05, 3.63) is 22.4 Å². The summed E-state index contributed by atoms with van der Waals surface area (Å²) in [5.41, 5.74) is 1.47.